The van der Waals surface area contributed by atoms with Crippen LogP contribution in [0, 0.1) is 18.6 Å². The fourth-order valence-electron chi connectivity index (χ4n) is 2.12. The second-order valence-electron chi connectivity index (χ2n) is 5.31. The minimum Gasteiger partial charge on any atom is -0.481 e. The molecule has 0 radical (unpaired) electrons. The number of aromatic nitrogens is 1. The van der Waals surface area contributed by atoms with Crippen LogP contribution in [0.4, 0.5) is 8.78 Å². The Morgan fingerprint density at radius 3 is 2.50 bits per heavy atom. The van der Waals surface area contributed by atoms with Gasteiger partial charge in [-0.15, -0.1) is 0 Å². The van der Waals surface area contributed by atoms with Gasteiger partial charge in [0.15, 0.2) is 11.6 Å². The standard InChI is InChI=1S/C17H16F2N2O3/c1-11-2-4-13(9-20-11)17(24)21(7-6-16(22)23)10-12-3-5-14(18)15(19)8-12/h2-5,8-9H,6-7,10H2,1H3,(H,22,23). The van der Waals surface area contributed by atoms with Crippen molar-refractivity contribution in [2.75, 3.05) is 6.54 Å². The molecule has 1 aromatic carbocycles. The summed E-state index contributed by atoms with van der Waals surface area (Å²) in [6.45, 7) is 1.69. The molecule has 2 rings (SSSR count). The topological polar surface area (TPSA) is 70.5 Å². The number of carboxylic acids is 1. The zero-order valence-corrected chi connectivity index (χ0v) is 13.0. The number of carbonyl (C=O) groups excluding carboxylic acids is 1. The van der Waals surface area contributed by atoms with Gasteiger partial charge in [0.25, 0.3) is 5.91 Å². The molecule has 126 valence electrons. The first-order chi connectivity index (χ1) is 11.4. The smallest absolute Gasteiger partial charge is 0.305 e. The van der Waals surface area contributed by atoms with Crippen LogP contribution >= 0.6 is 0 Å². The summed E-state index contributed by atoms with van der Waals surface area (Å²) >= 11 is 0. The van der Waals surface area contributed by atoms with Crippen LogP contribution in [0.25, 0.3) is 0 Å². The van der Waals surface area contributed by atoms with Gasteiger partial charge < -0.3 is 10.0 Å². The molecule has 1 N–H and O–H groups in total. The molecule has 0 spiro atoms. The summed E-state index contributed by atoms with van der Waals surface area (Å²) in [5.74, 6) is -3.48. The van der Waals surface area contributed by atoms with E-state index in [1.807, 2.05) is 0 Å². The number of pyridine rings is 1. The molecule has 1 aromatic heterocycles. The van der Waals surface area contributed by atoms with Crippen LogP contribution in [0.15, 0.2) is 36.5 Å². The molecule has 0 saturated heterocycles. The number of halogens is 2. The summed E-state index contributed by atoms with van der Waals surface area (Å²) in [4.78, 5) is 28.7. The predicted molar refractivity (Wildman–Crippen MR) is 82.3 cm³/mol. The van der Waals surface area contributed by atoms with Crippen LogP contribution in [-0.2, 0) is 11.3 Å². The van der Waals surface area contributed by atoms with Gasteiger partial charge in [0.1, 0.15) is 0 Å². The van der Waals surface area contributed by atoms with E-state index in [1.54, 1.807) is 19.1 Å². The second-order valence-corrected chi connectivity index (χ2v) is 5.31. The molecule has 7 heteroatoms. The van der Waals surface area contributed by atoms with Crippen molar-refractivity contribution in [3.63, 3.8) is 0 Å². The molecule has 5 nitrogen and oxygen atoms in total. The van der Waals surface area contributed by atoms with Crippen molar-refractivity contribution in [1.29, 1.82) is 0 Å². The maximum atomic E-state index is 13.3. The van der Waals surface area contributed by atoms with Gasteiger partial charge in [-0.1, -0.05) is 6.07 Å². The fourth-order valence-corrected chi connectivity index (χ4v) is 2.12. The highest BCUT2D eigenvalue weighted by Gasteiger charge is 2.18. The monoisotopic (exact) mass is 334 g/mol. The van der Waals surface area contributed by atoms with Crippen LogP contribution < -0.4 is 0 Å². The lowest BCUT2D eigenvalue weighted by Gasteiger charge is -2.22. The Morgan fingerprint density at radius 2 is 1.92 bits per heavy atom. The number of hydrogen-bond donors (Lipinski definition) is 1. The lowest BCUT2D eigenvalue weighted by atomic mass is 10.1. The molecular weight excluding hydrogens is 318 g/mol. The first-order valence-electron chi connectivity index (χ1n) is 7.24. The number of amides is 1. The SMILES string of the molecule is Cc1ccc(C(=O)N(CCC(=O)O)Cc2ccc(F)c(F)c2)cn1. The van der Waals surface area contributed by atoms with Crippen LogP contribution in [0.2, 0.25) is 0 Å². The molecule has 0 fully saturated rings. The largest absolute Gasteiger partial charge is 0.481 e. The third kappa shape index (κ3) is 4.58. The molecule has 2 aromatic rings. The molecule has 0 saturated carbocycles. The Hall–Kier alpha value is -2.83. The lowest BCUT2D eigenvalue weighted by Crippen LogP contribution is -2.32. The minimum atomic E-state index is -1.06. The fraction of sp³-hybridized carbons (Fsp3) is 0.235. The number of benzene rings is 1. The number of carbonyl (C=O) groups is 2. The summed E-state index contributed by atoms with van der Waals surface area (Å²) in [7, 11) is 0. The molecular formula is C17H16F2N2O3. The maximum Gasteiger partial charge on any atom is 0.305 e. The molecule has 1 heterocycles. The number of hydrogen-bond acceptors (Lipinski definition) is 3. The van der Waals surface area contributed by atoms with Gasteiger partial charge in [0, 0.05) is 25.0 Å². The van der Waals surface area contributed by atoms with Crippen molar-refractivity contribution in [3.05, 3.63) is 65.0 Å². The summed E-state index contributed by atoms with van der Waals surface area (Å²) < 4.78 is 26.3. The molecule has 0 bridgehead atoms. The maximum absolute atomic E-state index is 13.3. The van der Waals surface area contributed by atoms with Crippen molar-refractivity contribution in [2.45, 2.75) is 19.9 Å². The molecule has 0 aliphatic rings. The number of aryl methyl sites for hydroxylation is 1. The van der Waals surface area contributed by atoms with Crippen molar-refractivity contribution in [3.8, 4) is 0 Å². The Balaban J connectivity index is 2.22. The van der Waals surface area contributed by atoms with E-state index in [9.17, 15) is 18.4 Å². The zero-order chi connectivity index (χ0) is 17.7. The molecule has 0 atom stereocenters. The van der Waals surface area contributed by atoms with E-state index in [-0.39, 0.29) is 19.5 Å². The number of nitrogens with zero attached hydrogens (tertiary/aromatic N) is 2. The van der Waals surface area contributed by atoms with Crippen molar-refractivity contribution >= 4 is 11.9 Å². The third-order valence-electron chi connectivity index (χ3n) is 3.40. The molecule has 0 aliphatic carbocycles. The average molecular weight is 334 g/mol. The van der Waals surface area contributed by atoms with E-state index >= 15 is 0 Å². The van der Waals surface area contributed by atoms with Gasteiger partial charge in [-0.25, -0.2) is 8.78 Å². The molecule has 24 heavy (non-hydrogen) atoms. The Bertz CT molecular complexity index is 748. The molecule has 0 unspecified atom stereocenters. The average Bonchev–Trinajstić information content (AvgIpc) is 2.54. The van der Waals surface area contributed by atoms with E-state index < -0.39 is 23.5 Å². The first kappa shape index (κ1) is 17.5. The highest BCUT2D eigenvalue weighted by molar-refractivity contribution is 5.94. The van der Waals surface area contributed by atoms with Crippen molar-refractivity contribution in [1.82, 2.24) is 9.88 Å². The first-order valence-corrected chi connectivity index (χ1v) is 7.24. The normalized spacial score (nSPS) is 10.5. The number of rotatable bonds is 6. The lowest BCUT2D eigenvalue weighted by molar-refractivity contribution is -0.137. The molecule has 0 aliphatic heterocycles. The van der Waals surface area contributed by atoms with Gasteiger partial charge in [0.2, 0.25) is 0 Å². The zero-order valence-electron chi connectivity index (χ0n) is 13.0. The summed E-state index contributed by atoms with van der Waals surface area (Å²) in [6, 6.07) is 6.57. The van der Waals surface area contributed by atoms with E-state index in [0.29, 0.717) is 11.1 Å². The second kappa shape index (κ2) is 7.63. The van der Waals surface area contributed by atoms with E-state index in [1.165, 1.54) is 17.2 Å². The highest BCUT2D eigenvalue weighted by Crippen LogP contribution is 2.14. The minimum absolute atomic E-state index is 0.0306. The Kier molecular flexibility index (Phi) is 5.57. The van der Waals surface area contributed by atoms with Crippen LogP contribution in [-0.4, -0.2) is 33.4 Å². The van der Waals surface area contributed by atoms with E-state index in [4.69, 9.17) is 5.11 Å². The molecule has 1 amide bonds. The number of aliphatic carboxylic acids is 1. The Morgan fingerprint density at radius 1 is 1.17 bits per heavy atom. The third-order valence-corrected chi connectivity index (χ3v) is 3.40. The van der Waals surface area contributed by atoms with Crippen molar-refractivity contribution < 1.29 is 23.5 Å². The van der Waals surface area contributed by atoms with Gasteiger partial charge in [-0.05, 0) is 36.8 Å². The van der Waals surface area contributed by atoms with E-state index in [2.05, 4.69) is 4.98 Å². The Labute approximate surface area is 137 Å². The summed E-state index contributed by atoms with van der Waals surface area (Å²) in [6.07, 6.45) is 1.14. The van der Waals surface area contributed by atoms with E-state index in [0.717, 1.165) is 17.8 Å². The van der Waals surface area contributed by atoms with Crippen LogP contribution in [0.5, 0.6) is 0 Å². The van der Waals surface area contributed by atoms with Crippen LogP contribution in [0.1, 0.15) is 28.0 Å². The highest BCUT2D eigenvalue weighted by atomic mass is 19.2. The summed E-state index contributed by atoms with van der Waals surface area (Å²) in [5, 5.41) is 8.84. The van der Waals surface area contributed by atoms with Gasteiger partial charge in [-0.2, -0.15) is 0 Å². The summed E-state index contributed by atoms with van der Waals surface area (Å²) in [5.41, 5.74) is 1.41. The predicted octanol–water partition coefficient (Wildman–Crippen LogP) is 2.79. The van der Waals surface area contributed by atoms with Gasteiger partial charge in [-0.3, -0.25) is 14.6 Å². The van der Waals surface area contributed by atoms with Crippen LogP contribution in [0.3, 0.4) is 0 Å². The quantitative estimate of drug-likeness (QED) is 0.882. The number of carboxylic acid groups (broad SMARTS) is 1. The van der Waals surface area contributed by atoms with Crippen molar-refractivity contribution in [2.24, 2.45) is 0 Å². The van der Waals surface area contributed by atoms with Gasteiger partial charge in [0.05, 0.1) is 12.0 Å². The van der Waals surface area contributed by atoms with Gasteiger partial charge >= 0.3 is 5.97 Å².